The van der Waals surface area contributed by atoms with Gasteiger partial charge < -0.3 is 49.1 Å². The fourth-order valence-corrected chi connectivity index (χ4v) is 8.41. The maximum absolute atomic E-state index is 14.1. The number of hydrogen-bond acceptors (Lipinski definition) is 14. The van der Waals surface area contributed by atoms with Crippen molar-refractivity contribution in [3.63, 3.8) is 0 Å². The van der Waals surface area contributed by atoms with Crippen molar-refractivity contribution >= 4 is 42.8 Å². The van der Waals surface area contributed by atoms with Crippen molar-refractivity contribution in [2.45, 2.75) is 93.5 Å². The number of fused-ring (bicyclic) bond motifs is 6. The second kappa shape index (κ2) is 13.6. The number of methoxy groups -OCH3 is 2. The van der Waals surface area contributed by atoms with Gasteiger partial charge in [-0.2, -0.15) is 0 Å². The summed E-state index contributed by atoms with van der Waals surface area (Å²) in [5, 5.41) is 38.7. The van der Waals surface area contributed by atoms with Crippen LogP contribution in [0.4, 0.5) is 0 Å². The molecule has 0 aromatic heterocycles. The monoisotopic (exact) mass is 740 g/mol. The molecule has 0 saturated carbocycles. The number of rotatable bonds is 8. The molecule has 3 saturated heterocycles. The van der Waals surface area contributed by atoms with Crippen LogP contribution in [0.25, 0.3) is 0 Å². The highest BCUT2D eigenvalue weighted by atomic mass is 32.3. The summed E-state index contributed by atoms with van der Waals surface area (Å²) >= 11 is 2.56. The van der Waals surface area contributed by atoms with Crippen LogP contribution in [0.2, 0.25) is 0 Å². The predicted octanol–water partition coefficient (Wildman–Crippen LogP) is 1.86. The number of benzene rings is 2. The zero-order chi connectivity index (χ0) is 36.6. The van der Waals surface area contributed by atoms with Crippen molar-refractivity contribution in [2.24, 2.45) is 0 Å². The molecule has 2 radical (unpaired) electrons. The molecule has 0 spiro atoms. The van der Waals surface area contributed by atoms with Crippen LogP contribution < -0.4 is 10.1 Å². The molecule has 4 N–H and O–H groups in total. The zero-order valence-corrected chi connectivity index (χ0v) is 30.9. The van der Waals surface area contributed by atoms with Crippen LogP contribution in [0.3, 0.4) is 0 Å². The molecule has 0 unspecified atom stereocenters. The first-order chi connectivity index (χ1) is 24.2. The largest absolute Gasteiger partial charge is 0.507 e. The first kappa shape index (κ1) is 36.6. The van der Waals surface area contributed by atoms with Gasteiger partial charge in [0.2, 0.25) is 20.9 Å². The number of carbonyl (C=O) groups is 3. The summed E-state index contributed by atoms with van der Waals surface area (Å²) in [5.74, 6) is -3.21. The summed E-state index contributed by atoms with van der Waals surface area (Å²) in [7, 11) is 4.38. The Morgan fingerprint density at radius 2 is 1.88 bits per heavy atom. The van der Waals surface area contributed by atoms with E-state index in [-0.39, 0.29) is 57.9 Å². The van der Waals surface area contributed by atoms with Gasteiger partial charge in [-0.1, -0.05) is 26.0 Å². The zero-order valence-electron chi connectivity index (χ0n) is 29.0. The number of aliphatic hydroxyl groups is 1. The summed E-state index contributed by atoms with van der Waals surface area (Å²) in [6, 6.07) is 4.36. The Kier molecular flexibility index (Phi) is 9.75. The van der Waals surface area contributed by atoms with Crippen molar-refractivity contribution in [1.29, 1.82) is 0 Å². The molecule has 2 aromatic carbocycles. The predicted molar refractivity (Wildman–Crippen MR) is 182 cm³/mol. The van der Waals surface area contributed by atoms with Gasteiger partial charge in [0.1, 0.15) is 29.0 Å². The van der Waals surface area contributed by atoms with Gasteiger partial charge in [0.25, 0.3) is 5.91 Å². The van der Waals surface area contributed by atoms with Crippen LogP contribution in [0.5, 0.6) is 17.2 Å². The van der Waals surface area contributed by atoms with Gasteiger partial charge in [0.05, 0.1) is 42.6 Å². The Hall–Kier alpha value is -2.75. The molecular formula is C35H41AlN2O12S. The fraction of sp³-hybridized carbons (Fsp3) is 0.571. The number of amides is 1. The van der Waals surface area contributed by atoms with Gasteiger partial charge in [-0.3, -0.25) is 29.4 Å². The van der Waals surface area contributed by atoms with Crippen LogP contribution in [-0.2, 0) is 34.9 Å². The number of ketones is 2. The number of nitrogens with zero attached hydrogens (tertiary/aromatic N) is 1. The van der Waals surface area contributed by atoms with Crippen LogP contribution in [0.15, 0.2) is 18.2 Å². The molecular weight excluding hydrogens is 699 g/mol. The highest BCUT2D eigenvalue weighted by Crippen LogP contribution is 2.53. The molecule has 2 aromatic rings. The third kappa shape index (κ3) is 6.07. The van der Waals surface area contributed by atoms with Crippen LogP contribution in [-0.4, -0.2) is 134 Å². The molecule has 51 heavy (non-hydrogen) atoms. The lowest BCUT2D eigenvalue weighted by Gasteiger charge is -2.43. The maximum atomic E-state index is 14.1. The molecule has 5 aliphatic rings. The molecule has 8 atom stereocenters. The minimum absolute atomic E-state index is 0.00573. The summed E-state index contributed by atoms with van der Waals surface area (Å²) in [5.41, 5.74) is -3.09. The van der Waals surface area contributed by atoms with Crippen LogP contribution in [0, 0.1) is 0 Å². The van der Waals surface area contributed by atoms with E-state index in [0.717, 1.165) is 0 Å². The Bertz CT molecular complexity index is 1770. The van der Waals surface area contributed by atoms with Crippen molar-refractivity contribution in [1.82, 2.24) is 10.2 Å². The second-order valence-corrected chi connectivity index (χ2v) is 16.3. The number of aromatic hydroxyl groups is 2. The Morgan fingerprint density at radius 1 is 1.14 bits per heavy atom. The average Bonchev–Trinajstić information content (AvgIpc) is 3.50. The molecule has 14 nitrogen and oxygen atoms in total. The number of ether oxygens (including phenoxy) is 6. The second-order valence-electron chi connectivity index (χ2n) is 14.3. The van der Waals surface area contributed by atoms with E-state index in [9.17, 15) is 29.7 Å². The summed E-state index contributed by atoms with van der Waals surface area (Å²) < 4.78 is 35.5. The third-order valence-electron chi connectivity index (χ3n) is 10.6. The van der Waals surface area contributed by atoms with Crippen LogP contribution >= 0.6 is 10.1 Å². The standard InChI is InChI=1S/C35H42N2O12S.Al/c1-15-30-18(37-9-10-46-32(45-5)31(37)49-30)11-21(47-15)48-20-13-35(43,33(42)36-14-34(2,3)50)12-17-23(20)29(41)25-24(27(17)39)26(38)16-7-6-8-19(44-4)22(16)28(25)40;/h6-8,15,18,20-21,30-32,39,41,43,50H,9-14H2,1-5H3,(H,36,42);/q;+1/p-1/t15-,18-,20-,21-,30+,31+,32-,35-;/m0./s1. The number of hydrogen-bond donors (Lipinski definition) is 4. The van der Waals surface area contributed by atoms with E-state index in [1.54, 1.807) is 13.2 Å². The van der Waals surface area contributed by atoms with E-state index in [0.29, 0.717) is 19.6 Å². The lowest BCUT2D eigenvalue weighted by Crippen LogP contribution is -2.56. The van der Waals surface area contributed by atoms with E-state index in [2.05, 4.69) is 25.4 Å². The number of morpholine rings is 1. The molecule has 272 valence electrons. The highest BCUT2D eigenvalue weighted by Gasteiger charge is 2.55. The number of nitrogens with one attached hydrogen (secondary N) is 1. The van der Waals surface area contributed by atoms with Gasteiger partial charge in [-0.15, -0.1) is 0 Å². The van der Waals surface area contributed by atoms with Gasteiger partial charge in [0, 0.05) is 66.9 Å². The van der Waals surface area contributed by atoms with E-state index < -0.39 is 83.1 Å². The number of phenolic OH excluding ortho intramolecular Hbond substituents is 2. The summed E-state index contributed by atoms with van der Waals surface area (Å²) in [6.45, 7) is 6.95. The molecule has 2 aliphatic carbocycles. The molecule has 3 heterocycles. The number of phenols is 2. The lowest BCUT2D eigenvalue weighted by atomic mass is 9.72. The minimum atomic E-state index is -2.14. The number of carbonyl (C=O) groups excluding carboxylic acids is 3. The molecule has 1 amide bonds. The summed E-state index contributed by atoms with van der Waals surface area (Å²) in [6.07, 6.45) is -4.48. The smallest absolute Gasteiger partial charge is 0.252 e. The fourth-order valence-electron chi connectivity index (χ4n) is 8.00. The van der Waals surface area contributed by atoms with E-state index in [1.807, 2.05) is 20.8 Å². The van der Waals surface area contributed by atoms with Crippen LogP contribution in [0.1, 0.15) is 82.7 Å². The Morgan fingerprint density at radius 3 is 2.59 bits per heavy atom. The van der Waals surface area contributed by atoms with Crippen molar-refractivity contribution in [2.75, 3.05) is 33.9 Å². The topological polar surface area (TPSA) is 183 Å². The Balaban J connectivity index is 1.29. The van der Waals surface area contributed by atoms with Gasteiger partial charge in [0.15, 0.2) is 24.6 Å². The maximum Gasteiger partial charge on any atom is 0.252 e. The highest BCUT2D eigenvalue weighted by molar-refractivity contribution is 8.20. The molecule has 3 fully saturated rings. The first-order valence-corrected chi connectivity index (χ1v) is 19.1. The first-order valence-electron chi connectivity index (χ1n) is 16.9. The SMILES string of the molecule is COc1cccc2c1C(=O)c1c(O)c3c(c(O)c1C2=O)C[C@@](O)(C(=O)NCC(C)(C)[S][Al])C[C@@H]3O[C@H]1C[C@H]2[C@H](O[C@@H]3[C@@H](OC)OCCN32)[C@H](C)O1. The minimum Gasteiger partial charge on any atom is -0.507 e. The van der Waals surface area contributed by atoms with Crippen molar-refractivity contribution < 1.29 is 58.1 Å². The van der Waals surface area contributed by atoms with Crippen molar-refractivity contribution in [3.05, 3.63) is 51.6 Å². The molecule has 16 heteroatoms. The normalized spacial score (nSPS) is 31.6. The van der Waals surface area contributed by atoms with E-state index in [4.69, 9.17) is 28.4 Å². The van der Waals surface area contributed by atoms with Crippen molar-refractivity contribution in [3.8, 4) is 17.2 Å². The molecule has 3 aliphatic heterocycles. The van der Waals surface area contributed by atoms with Gasteiger partial charge in [-0.05, 0) is 13.0 Å². The third-order valence-corrected chi connectivity index (χ3v) is 13.3. The van der Waals surface area contributed by atoms with E-state index >= 15 is 0 Å². The molecule has 0 bridgehead atoms. The summed E-state index contributed by atoms with van der Waals surface area (Å²) in [4.78, 5) is 43.9. The van der Waals surface area contributed by atoms with E-state index in [1.165, 1.54) is 29.4 Å². The van der Waals surface area contributed by atoms with Gasteiger partial charge >= 0.3 is 0 Å². The average molecular weight is 741 g/mol. The quantitative estimate of drug-likeness (QED) is 0.194. The van der Waals surface area contributed by atoms with Gasteiger partial charge in [-0.25, -0.2) is 0 Å². The lowest BCUT2D eigenvalue weighted by molar-refractivity contribution is -0.256. The Labute approximate surface area is 306 Å². The molecule has 7 rings (SSSR count).